The Bertz CT molecular complexity index is 489. The van der Waals surface area contributed by atoms with Gasteiger partial charge in [-0.3, -0.25) is 9.59 Å². The number of anilines is 1. The molecule has 0 bridgehead atoms. The van der Waals surface area contributed by atoms with Crippen molar-refractivity contribution in [3.05, 3.63) is 21.6 Å². The molecule has 7 nitrogen and oxygen atoms in total. The van der Waals surface area contributed by atoms with E-state index >= 15 is 0 Å². The highest BCUT2D eigenvalue weighted by Crippen LogP contribution is 2.14. The molecule has 0 aliphatic carbocycles. The molecule has 0 unspecified atom stereocenters. The Morgan fingerprint density at radius 3 is 2.89 bits per heavy atom. The van der Waals surface area contributed by atoms with Crippen molar-refractivity contribution < 1.29 is 9.53 Å². The first-order valence-electron chi connectivity index (χ1n) is 5.87. The number of rotatable bonds is 7. The van der Waals surface area contributed by atoms with Crippen LogP contribution < -0.4 is 16.2 Å². The summed E-state index contributed by atoms with van der Waals surface area (Å²) in [4.78, 5) is 22.9. The summed E-state index contributed by atoms with van der Waals surface area (Å²) in [5.74, 6) is -0.557. The first kappa shape index (κ1) is 15.5. The fourth-order valence-corrected chi connectivity index (χ4v) is 1.56. The number of nitrogens with one attached hydrogen (secondary N) is 2. The van der Waals surface area contributed by atoms with Crippen molar-refractivity contribution in [1.82, 2.24) is 15.1 Å². The van der Waals surface area contributed by atoms with Crippen LogP contribution in [0.25, 0.3) is 0 Å². The van der Waals surface area contributed by atoms with Gasteiger partial charge in [0.2, 0.25) is 0 Å². The summed E-state index contributed by atoms with van der Waals surface area (Å²) in [6.45, 7) is 3.98. The summed E-state index contributed by atoms with van der Waals surface area (Å²) in [7, 11) is 1.24. The molecule has 106 valence electrons. The number of hydrogen-bond donors (Lipinski definition) is 2. The molecule has 19 heavy (non-hydrogen) atoms. The van der Waals surface area contributed by atoms with Crippen LogP contribution in [0.3, 0.4) is 0 Å². The predicted octanol–water partition coefficient (Wildman–Crippen LogP) is 0.0911. The lowest BCUT2D eigenvalue weighted by molar-refractivity contribution is -0.141. The van der Waals surface area contributed by atoms with Crippen LogP contribution in [-0.4, -0.2) is 42.5 Å². The molecular formula is C11H17ClN4O3. The lowest BCUT2D eigenvalue weighted by Crippen LogP contribution is -2.29. The number of carbonyl (C=O) groups is 1. The van der Waals surface area contributed by atoms with E-state index in [4.69, 9.17) is 11.6 Å². The van der Waals surface area contributed by atoms with Crippen molar-refractivity contribution in [1.29, 1.82) is 0 Å². The van der Waals surface area contributed by atoms with Crippen LogP contribution in [0.15, 0.2) is 11.0 Å². The Morgan fingerprint density at radius 1 is 1.53 bits per heavy atom. The van der Waals surface area contributed by atoms with Gasteiger partial charge in [-0.1, -0.05) is 18.5 Å². The average molecular weight is 289 g/mol. The van der Waals surface area contributed by atoms with Crippen LogP contribution in [-0.2, 0) is 16.1 Å². The molecule has 0 saturated heterocycles. The van der Waals surface area contributed by atoms with Crippen molar-refractivity contribution in [3.63, 3.8) is 0 Å². The second kappa shape index (κ2) is 7.75. The van der Waals surface area contributed by atoms with E-state index in [1.54, 1.807) is 0 Å². The highest BCUT2D eigenvalue weighted by molar-refractivity contribution is 6.32. The lowest BCUT2D eigenvalue weighted by Gasteiger charge is -2.09. The van der Waals surface area contributed by atoms with E-state index in [2.05, 4.69) is 20.5 Å². The minimum Gasteiger partial charge on any atom is -0.468 e. The third kappa shape index (κ3) is 4.53. The van der Waals surface area contributed by atoms with Gasteiger partial charge in [0.1, 0.15) is 11.6 Å². The fourth-order valence-electron chi connectivity index (χ4n) is 1.35. The molecule has 0 aliphatic heterocycles. The molecule has 0 atom stereocenters. The molecule has 1 heterocycles. The number of esters is 1. The lowest BCUT2D eigenvalue weighted by atomic mass is 10.4. The summed E-state index contributed by atoms with van der Waals surface area (Å²) in [6, 6.07) is 0. The molecule has 1 aromatic heterocycles. The summed E-state index contributed by atoms with van der Waals surface area (Å²) in [5, 5.41) is 10.00. The van der Waals surface area contributed by atoms with Crippen LogP contribution in [0.4, 0.5) is 5.69 Å². The summed E-state index contributed by atoms with van der Waals surface area (Å²) in [5.41, 5.74) is -0.0776. The quantitative estimate of drug-likeness (QED) is 0.546. The van der Waals surface area contributed by atoms with Gasteiger partial charge in [0, 0.05) is 13.1 Å². The minimum absolute atomic E-state index is 0.00963. The third-order valence-corrected chi connectivity index (χ3v) is 2.72. The molecule has 8 heteroatoms. The fraction of sp³-hybridized carbons (Fsp3) is 0.545. The van der Waals surface area contributed by atoms with Gasteiger partial charge in [-0.25, -0.2) is 4.68 Å². The average Bonchev–Trinajstić information content (AvgIpc) is 2.42. The molecule has 0 saturated carbocycles. The SMILES string of the molecule is CCNCCNc1cnn(CC(=O)OC)c(=O)c1Cl. The van der Waals surface area contributed by atoms with Crippen molar-refractivity contribution in [3.8, 4) is 0 Å². The first-order chi connectivity index (χ1) is 9.10. The van der Waals surface area contributed by atoms with Crippen molar-refractivity contribution in [2.45, 2.75) is 13.5 Å². The van der Waals surface area contributed by atoms with Crippen LogP contribution in [0.5, 0.6) is 0 Å². The zero-order chi connectivity index (χ0) is 14.3. The monoisotopic (exact) mass is 288 g/mol. The molecule has 0 aromatic carbocycles. The first-order valence-corrected chi connectivity index (χ1v) is 6.25. The molecule has 2 N–H and O–H groups in total. The number of ether oxygens (including phenoxy) is 1. The van der Waals surface area contributed by atoms with Gasteiger partial charge in [-0.05, 0) is 6.54 Å². The molecule has 0 spiro atoms. The standard InChI is InChI=1S/C11H17ClN4O3/c1-3-13-4-5-14-8-6-15-16(7-9(17)19-2)11(18)10(8)12/h6,13-14H,3-5,7H2,1-2H3. The number of carbonyl (C=O) groups excluding carboxylic acids is 1. The van der Waals surface area contributed by atoms with Crippen LogP contribution >= 0.6 is 11.6 Å². The number of likely N-dealkylation sites (N-methyl/N-ethyl adjacent to an activating group) is 1. The second-order valence-corrected chi connectivity index (χ2v) is 4.07. The van der Waals surface area contributed by atoms with E-state index in [-0.39, 0.29) is 11.6 Å². The minimum atomic E-state index is -0.557. The van der Waals surface area contributed by atoms with E-state index < -0.39 is 11.5 Å². The van der Waals surface area contributed by atoms with Gasteiger partial charge < -0.3 is 15.4 Å². The maximum atomic E-state index is 11.8. The molecule has 0 radical (unpaired) electrons. The number of halogens is 1. The maximum absolute atomic E-state index is 11.8. The molecule has 0 fully saturated rings. The third-order valence-electron chi connectivity index (χ3n) is 2.36. The Morgan fingerprint density at radius 2 is 2.26 bits per heavy atom. The van der Waals surface area contributed by atoms with Crippen molar-refractivity contribution in [2.24, 2.45) is 0 Å². The zero-order valence-corrected chi connectivity index (χ0v) is 11.7. The number of methoxy groups -OCH3 is 1. The summed E-state index contributed by atoms with van der Waals surface area (Å²) < 4.78 is 5.43. The van der Waals surface area contributed by atoms with Gasteiger partial charge in [0.05, 0.1) is 19.0 Å². The molecular weight excluding hydrogens is 272 g/mol. The van der Waals surface area contributed by atoms with Crippen molar-refractivity contribution >= 4 is 23.3 Å². The van der Waals surface area contributed by atoms with E-state index in [1.165, 1.54) is 13.3 Å². The van der Waals surface area contributed by atoms with Gasteiger partial charge >= 0.3 is 5.97 Å². The summed E-state index contributed by atoms with van der Waals surface area (Å²) >= 11 is 5.93. The molecule has 1 aromatic rings. The van der Waals surface area contributed by atoms with Crippen LogP contribution in [0, 0.1) is 0 Å². The van der Waals surface area contributed by atoms with Gasteiger partial charge in [-0.15, -0.1) is 0 Å². The number of nitrogens with zero attached hydrogens (tertiary/aromatic N) is 2. The van der Waals surface area contributed by atoms with Crippen LogP contribution in [0.1, 0.15) is 6.92 Å². The molecule has 0 amide bonds. The van der Waals surface area contributed by atoms with E-state index in [9.17, 15) is 9.59 Å². The Kier molecular flexibility index (Phi) is 6.31. The number of aromatic nitrogens is 2. The Hall–Kier alpha value is -1.60. The predicted molar refractivity (Wildman–Crippen MR) is 72.6 cm³/mol. The van der Waals surface area contributed by atoms with E-state index in [0.717, 1.165) is 17.8 Å². The Balaban J connectivity index is 2.74. The highest BCUT2D eigenvalue weighted by Gasteiger charge is 2.11. The molecule has 1 rings (SSSR count). The Labute approximate surface area is 115 Å². The molecule has 0 aliphatic rings. The van der Waals surface area contributed by atoms with Gasteiger partial charge in [0.15, 0.2) is 0 Å². The normalized spacial score (nSPS) is 10.3. The van der Waals surface area contributed by atoms with Gasteiger partial charge in [0.25, 0.3) is 5.56 Å². The van der Waals surface area contributed by atoms with Crippen molar-refractivity contribution in [2.75, 3.05) is 32.1 Å². The highest BCUT2D eigenvalue weighted by atomic mass is 35.5. The number of hydrogen-bond acceptors (Lipinski definition) is 6. The zero-order valence-electron chi connectivity index (χ0n) is 10.9. The summed E-state index contributed by atoms with van der Waals surface area (Å²) in [6.07, 6.45) is 1.42. The van der Waals surface area contributed by atoms with Crippen LogP contribution in [0.2, 0.25) is 5.02 Å². The second-order valence-electron chi connectivity index (χ2n) is 3.69. The van der Waals surface area contributed by atoms with Gasteiger partial charge in [-0.2, -0.15) is 5.10 Å². The van der Waals surface area contributed by atoms with E-state index in [0.29, 0.717) is 12.2 Å². The largest absolute Gasteiger partial charge is 0.468 e. The smallest absolute Gasteiger partial charge is 0.327 e. The van der Waals surface area contributed by atoms with E-state index in [1.807, 2.05) is 6.92 Å². The topological polar surface area (TPSA) is 85.2 Å². The maximum Gasteiger partial charge on any atom is 0.327 e.